The normalized spacial score (nSPS) is 13.9. The minimum absolute atomic E-state index is 0.296. The third kappa shape index (κ3) is 4.00. The molecule has 150 valence electrons. The lowest BCUT2D eigenvalue weighted by Crippen LogP contribution is -2.34. The molecule has 0 saturated carbocycles. The summed E-state index contributed by atoms with van der Waals surface area (Å²) >= 11 is 6.02. The van der Waals surface area contributed by atoms with Gasteiger partial charge in [0, 0.05) is 17.3 Å². The molecule has 4 nitrogen and oxygen atoms in total. The monoisotopic (exact) mass is 416 g/mol. The molecule has 1 heterocycles. The molecule has 0 spiro atoms. The number of anilines is 1. The molecule has 0 atom stereocenters. The van der Waals surface area contributed by atoms with Crippen LogP contribution in [0.25, 0.3) is 5.57 Å². The Labute approximate surface area is 180 Å². The fourth-order valence-electron chi connectivity index (χ4n) is 3.51. The molecule has 4 rings (SSSR count). The third-order valence-electron chi connectivity index (χ3n) is 5.17. The number of halogens is 1. The maximum atomic E-state index is 13.3. The van der Waals surface area contributed by atoms with Gasteiger partial charge in [-0.1, -0.05) is 72.3 Å². The second-order valence-corrected chi connectivity index (χ2v) is 7.63. The van der Waals surface area contributed by atoms with Crippen molar-refractivity contribution in [2.45, 2.75) is 13.3 Å². The maximum Gasteiger partial charge on any atom is 0.278 e. The van der Waals surface area contributed by atoms with Crippen LogP contribution in [0.2, 0.25) is 5.02 Å². The van der Waals surface area contributed by atoms with E-state index in [-0.39, 0.29) is 11.8 Å². The molecule has 30 heavy (non-hydrogen) atoms. The summed E-state index contributed by atoms with van der Waals surface area (Å²) in [7, 11) is 0. The summed E-state index contributed by atoms with van der Waals surface area (Å²) in [5, 5.41) is 3.79. The third-order valence-corrected chi connectivity index (χ3v) is 5.42. The van der Waals surface area contributed by atoms with Crippen LogP contribution in [0.3, 0.4) is 0 Å². The standard InChI is InChI=1S/C25H21ClN2O2/c1-17-7-5-6-10-21(17)27-23-22(19-11-13-20(26)14-12-19)24(29)28(25(23)30)16-15-18-8-3-2-4-9-18/h2-14,27H,15-16H2,1H3. The van der Waals surface area contributed by atoms with Gasteiger partial charge in [-0.25, -0.2) is 0 Å². The van der Waals surface area contributed by atoms with Gasteiger partial charge in [0.05, 0.1) is 5.57 Å². The van der Waals surface area contributed by atoms with E-state index < -0.39 is 0 Å². The van der Waals surface area contributed by atoms with Crippen molar-refractivity contribution in [3.8, 4) is 0 Å². The zero-order valence-corrected chi connectivity index (χ0v) is 17.3. The number of benzene rings is 3. The van der Waals surface area contributed by atoms with Gasteiger partial charge in [0.1, 0.15) is 5.70 Å². The topological polar surface area (TPSA) is 49.4 Å². The predicted octanol–water partition coefficient (Wildman–Crippen LogP) is 5.08. The van der Waals surface area contributed by atoms with Gasteiger partial charge in [-0.15, -0.1) is 0 Å². The zero-order valence-electron chi connectivity index (χ0n) is 16.6. The average Bonchev–Trinajstić information content (AvgIpc) is 2.99. The fourth-order valence-corrected chi connectivity index (χ4v) is 3.64. The number of nitrogens with zero attached hydrogens (tertiary/aromatic N) is 1. The number of amides is 2. The Kier molecular flexibility index (Phi) is 5.68. The highest BCUT2D eigenvalue weighted by Gasteiger charge is 2.39. The Morgan fingerprint density at radius 2 is 1.50 bits per heavy atom. The number of imide groups is 1. The highest BCUT2D eigenvalue weighted by atomic mass is 35.5. The number of carbonyl (C=O) groups excluding carboxylic acids is 2. The summed E-state index contributed by atoms with van der Waals surface area (Å²) < 4.78 is 0. The van der Waals surface area contributed by atoms with Crippen molar-refractivity contribution in [1.82, 2.24) is 4.90 Å². The second-order valence-electron chi connectivity index (χ2n) is 7.19. The summed E-state index contributed by atoms with van der Waals surface area (Å²) in [6, 6.07) is 24.5. The van der Waals surface area contributed by atoms with Crippen LogP contribution in [0.5, 0.6) is 0 Å². The van der Waals surface area contributed by atoms with E-state index in [0.29, 0.717) is 34.8 Å². The van der Waals surface area contributed by atoms with Crippen LogP contribution in [0, 0.1) is 6.92 Å². The van der Waals surface area contributed by atoms with Gasteiger partial charge in [-0.2, -0.15) is 0 Å². The molecular formula is C25H21ClN2O2. The summed E-state index contributed by atoms with van der Waals surface area (Å²) in [6.07, 6.45) is 0.601. The molecule has 3 aromatic rings. The summed E-state index contributed by atoms with van der Waals surface area (Å²) in [6.45, 7) is 2.27. The van der Waals surface area contributed by atoms with Crippen molar-refractivity contribution < 1.29 is 9.59 Å². The van der Waals surface area contributed by atoms with E-state index in [0.717, 1.165) is 16.8 Å². The smallest absolute Gasteiger partial charge is 0.278 e. The Balaban J connectivity index is 1.69. The van der Waals surface area contributed by atoms with Crippen LogP contribution in [-0.2, 0) is 16.0 Å². The maximum absolute atomic E-state index is 13.3. The van der Waals surface area contributed by atoms with Crippen molar-refractivity contribution in [1.29, 1.82) is 0 Å². The van der Waals surface area contributed by atoms with Gasteiger partial charge < -0.3 is 5.32 Å². The highest BCUT2D eigenvalue weighted by molar-refractivity contribution is 6.37. The summed E-state index contributed by atoms with van der Waals surface area (Å²) in [5.74, 6) is -0.613. The van der Waals surface area contributed by atoms with Crippen molar-refractivity contribution in [2.75, 3.05) is 11.9 Å². The number of hydrogen-bond acceptors (Lipinski definition) is 3. The minimum Gasteiger partial charge on any atom is -0.350 e. The lowest BCUT2D eigenvalue weighted by Gasteiger charge is -2.15. The molecule has 5 heteroatoms. The van der Waals surface area contributed by atoms with E-state index in [1.807, 2.05) is 61.5 Å². The zero-order chi connectivity index (χ0) is 21.1. The number of aryl methyl sites for hydroxylation is 1. The molecule has 1 aliphatic heterocycles. The first-order valence-corrected chi connectivity index (χ1v) is 10.2. The molecule has 0 saturated heterocycles. The molecular weight excluding hydrogens is 396 g/mol. The van der Waals surface area contributed by atoms with E-state index in [1.165, 1.54) is 4.90 Å². The lowest BCUT2D eigenvalue weighted by molar-refractivity contribution is -0.136. The molecule has 3 aromatic carbocycles. The summed E-state index contributed by atoms with van der Waals surface area (Å²) in [5.41, 5.74) is 4.19. The van der Waals surface area contributed by atoms with Crippen LogP contribution in [0.4, 0.5) is 5.69 Å². The van der Waals surface area contributed by atoms with Gasteiger partial charge >= 0.3 is 0 Å². The SMILES string of the molecule is Cc1ccccc1NC1=C(c2ccc(Cl)cc2)C(=O)N(CCc2ccccc2)C1=O. The molecule has 0 unspecified atom stereocenters. The number of hydrogen-bond donors (Lipinski definition) is 1. The minimum atomic E-state index is -0.316. The van der Waals surface area contributed by atoms with Crippen molar-refractivity contribution >= 4 is 34.7 Å². The molecule has 0 aliphatic carbocycles. The number of carbonyl (C=O) groups is 2. The first-order valence-electron chi connectivity index (χ1n) is 9.77. The Morgan fingerprint density at radius 3 is 2.20 bits per heavy atom. The van der Waals surface area contributed by atoms with E-state index in [4.69, 9.17) is 11.6 Å². The number of nitrogens with one attached hydrogen (secondary N) is 1. The van der Waals surface area contributed by atoms with E-state index in [1.54, 1.807) is 24.3 Å². The number of para-hydroxylation sites is 1. The quantitative estimate of drug-likeness (QED) is 0.570. The van der Waals surface area contributed by atoms with E-state index >= 15 is 0 Å². The van der Waals surface area contributed by atoms with Gasteiger partial charge in [-0.05, 0) is 48.2 Å². The number of rotatable bonds is 6. The van der Waals surface area contributed by atoms with Crippen molar-refractivity contribution in [3.63, 3.8) is 0 Å². The Morgan fingerprint density at radius 1 is 0.833 bits per heavy atom. The average molecular weight is 417 g/mol. The van der Waals surface area contributed by atoms with Crippen LogP contribution in [0.15, 0.2) is 84.6 Å². The van der Waals surface area contributed by atoms with Crippen molar-refractivity contribution in [2.24, 2.45) is 0 Å². The fraction of sp³-hybridized carbons (Fsp3) is 0.120. The highest BCUT2D eigenvalue weighted by Crippen LogP contribution is 2.32. The van der Waals surface area contributed by atoms with Crippen molar-refractivity contribution in [3.05, 3.63) is 106 Å². The van der Waals surface area contributed by atoms with E-state index in [2.05, 4.69) is 5.32 Å². The molecule has 1 N–H and O–H groups in total. The van der Waals surface area contributed by atoms with Crippen LogP contribution < -0.4 is 5.32 Å². The van der Waals surface area contributed by atoms with E-state index in [9.17, 15) is 9.59 Å². The summed E-state index contributed by atoms with van der Waals surface area (Å²) in [4.78, 5) is 27.9. The Hall–Kier alpha value is -3.37. The van der Waals surface area contributed by atoms with Gasteiger partial charge in [0.25, 0.3) is 11.8 Å². The van der Waals surface area contributed by atoms with Gasteiger partial charge in [0.2, 0.25) is 0 Å². The largest absolute Gasteiger partial charge is 0.350 e. The second kappa shape index (κ2) is 8.56. The first kappa shape index (κ1) is 19.9. The van der Waals surface area contributed by atoms with Crippen LogP contribution in [-0.4, -0.2) is 23.3 Å². The van der Waals surface area contributed by atoms with Crippen LogP contribution >= 0.6 is 11.6 Å². The molecule has 0 aromatic heterocycles. The van der Waals surface area contributed by atoms with Gasteiger partial charge in [-0.3, -0.25) is 14.5 Å². The Bertz CT molecular complexity index is 1120. The molecule has 0 fully saturated rings. The molecule has 1 aliphatic rings. The molecule has 0 bridgehead atoms. The van der Waals surface area contributed by atoms with Gasteiger partial charge in [0.15, 0.2) is 0 Å². The molecule has 0 radical (unpaired) electrons. The lowest BCUT2D eigenvalue weighted by atomic mass is 10.0. The predicted molar refractivity (Wildman–Crippen MR) is 120 cm³/mol. The van der Waals surface area contributed by atoms with Crippen LogP contribution in [0.1, 0.15) is 16.7 Å². The first-order chi connectivity index (χ1) is 14.5. The molecule has 2 amide bonds.